The van der Waals surface area contributed by atoms with Gasteiger partial charge in [-0.15, -0.1) is 0 Å². The van der Waals surface area contributed by atoms with Crippen molar-refractivity contribution in [2.75, 3.05) is 19.6 Å². The van der Waals surface area contributed by atoms with E-state index in [0.717, 1.165) is 19.5 Å². The highest BCUT2D eigenvalue weighted by Gasteiger charge is 2.37. The molecule has 0 aromatic carbocycles. The molecule has 1 fully saturated rings. The van der Waals surface area contributed by atoms with Crippen LogP contribution in [-0.4, -0.2) is 47.6 Å². The van der Waals surface area contributed by atoms with Gasteiger partial charge in [0.05, 0.1) is 5.41 Å². The van der Waals surface area contributed by atoms with Crippen LogP contribution in [0.2, 0.25) is 0 Å². The zero-order chi connectivity index (χ0) is 16.0. The average molecular weight is 298 g/mol. The third kappa shape index (κ3) is 4.70. The summed E-state index contributed by atoms with van der Waals surface area (Å²) < 4.78 is 0. The molecule has 1 heterocycles. The Hall–Kier alpha value is -1.10. The molecule has 1 atom stereocenters. The van der Waals surface area contributed by atoms with E-state index in [1.54, 1.807) is 0 Å². The summed E-state index contributed by atoms with van der Waals surface area (Å²) in [6.07, 6.45) is 2.15. The maximum absolute atomic E-state index is 12.1. The third-order valence-corrected chi connectivity index (χ3v) is 4.94. The lowest BCUT2D eigenvalue weighted by atomic mass is 9.79. The minimum Gasteiger partial charge on any atom is -0.481 e. The number of hydrogen-bond acceptors (Lipinski definition) is 3. The van der Waals surface area contributed by atoms with Crippen molar-refractivity contribution in [1.29, 1.82) is 0 Å². The summed E-state index contributed by atoms with van der Waals surface area (Å²) in [5.41, 5.74) is -0.913. The van der Waals surface area contributed by atoms with Gasteiger partial charge in [-0.3, -0.25) is 9.59 Å². The SMILES string of the molecule is CCC(CC)(CC(=O)NCC1CCN(C(C)C)C1)C(=O)O. The average Bonchev–Trinajstić information content (AvgIpc) is 2.91. The van der Waals surface area contributed by atoms with E-state index in [9.17, 15) is 14.7 Å². The molecular weight excluding hydrogens is 268 g/mol. The smallest absolute Gasteiger partial charge is 0.310 e. The lowest BCUT2D eigenvalue weighted by Gasteiger charge is -2.26. The van der Waals surface area contributed by atoms with Crippen molar-refractivity contribution in [1.82, 2.24) is 10.2 Å². The van der Waals surface area contributed by atoms with Crippen molar-refractivity contribution in [3.63, 3.8) is 0 Å². The molecule has 0 aromatic heterocycles. The monoisotopic (exact) mass is 298 g/mol. The first-order valence-corrected chi connectivity index (χ1v) is 8.08. The molecule has 2 N–H and O–H groups in total. The normalized spacial score (nSPS) is 20.0. The largest absolute Gasteiger partial charge is 0.481 e. The van der Waals surface area contributed by atoms with Crippen LogP contribution in [0.4, 0.5) is 0 Å². The number of nitrogens with zero attached hydrogens (tertiary/aromatic N) is 1. The number of amides is 1. The van der Waals surface area contributed by atoms with E-state index in [1.807, 2.05) is 13.8 Å². The number of nitrogens with one attached hydrogen (secondary N) is 1. The van der Waals surface area contributed by atoms with E-state index in [0.29, 0.717) is 31.3 Å². The summed E-state index contributed by atoms with van der Waals surface area (Å²) in [5.74, 6) is -0.516. The van der Waals surface area contributed by atoms with E-state index in [4.69, 9.17) is 0 Å². The molecule has 21 heavy (non-hydrogen) atoms. The van der Waals surface area contributed by atoms with Gasteiger partial charge in [0.25, 0.3) is 0 Å². The van der Waals surface area contributed by atoms with E-state index in [-0.39, 0.29) is 12.3 Å². The summed E-state index contributed by atoms with van der Waals surface area (Å²) >= 11 is 0. The standard InChI is InChI=1S/C16H30N2O3/c1-5-16(6-2,15(20)21)9-14(19)17-10-13-7-8-18(11-13)12(3)4/h12-13H,5-11H2,1-4H3,(H,17,19)(H,20,21). The quantitative estimate of drug-likeness (QED) is 0.720. The summed E-state index contributed by atoms with van der Waals surface area (Å²) in [5, 5.41) is 12.3. The van der Waals surface area contributed by atoms with Crippen molar-refractivity contribution >= 4 is 11.9 Å². The maximum Gasteiger partial charge on any atom is 0.310 e. The predicted octanol–water partition coefficient (Wildman–Crippen LogP) is 2.11. The third-order valence-electron chi connectivity index (χ3n) is 4.94. The molecule has 1 aliphatic rings. The van der Waals surface area contributed by atoms with Crippen molar-refractivity contribution in [3.8, 4) is 0 Å². The summed E-state index contributed by atoms with van der Waals surface area (Å²) in [7, 11) is 0. The molecule has 0 aliphatic carbocycles. The van der Waals surface area contributed by atoms with Gasteiger partial charge in [0, 0.05) is 25.6 Å². The van der Waals surface area contributed by atoms with Crippen LogP contribution in [0.3, 0.4) is 0 Å². The molecule has 0 bridgehead atoms. The zero-order valence-electron chi connectivity index (χ0n) is 13.8. The number of likely N-dealkylation sites (tertiary alicyclic amines) is 1. The molecule has 0 spiro atoms. The Morgan fingerprint density at radius 1 is 1.33 bits per heavy atom. The number of carboxylic acids is 1. The molecule has 1 unspecified atom stereocenters. The fourth-order valence-corrected chi connectivity index (χ4v) is 3.00. The van der Waals surface area contributed by atoms with Crippen LogP contribution in [-0.2, 0) is 9.59 Å². The minimum absolute atomic E-state index is 0.0793. The van der Waals surface area contributed by atoms with Crippen LogP contribution < -0.4 is 5.32 Å². The Balaban J connectivity index is 2.42. The van der Waals surface area contributed by atoms with Crippen LogP contribution >= 0.6 is 0 Å². The van der Waals surface area contributed by atoms with Crippen molar-refractivity contribution in [2.45, 2.75) is 59.4 Å². The topological polar surface area (TPSA) is 69.6 Å². The second kappa shape index (κ2) is 7.78. The van der Waals surface area contributed by atoms with Gasteiger partial charge in [-0.1, -0.05) is 13.8 Å². The second-order valence-corrected chi connectivity index (χ2v) is 6.52. The van der Waals surface area contributed by atoms with Crippen LogP contribution in [0.5, 0.6) is 0 Å². The van der Waals surface area contributed by atoms with E-state index < -0.39 is 11.4 Å². The van der Waals surface area contributed by atoms with Crippen LogP contribution in [0.25, 0.3) is 0 Å². The summed E-state index contributed by atoms with van der Waals surface area (Å²) in [6.45, 7) is 10.8. The predicted molar refractivity (Wildman–Crippen MR) is 83.1 cm³/mol. The van der Waals surface area contributed by atoms with Gasteiger partial charge in [0.15, 0.2) is 0 Å². The highest BCUT2D eigenvalue weighted by Crippen LogP contribution is 2.31. The number of carboxylic acid groups (broad SMARTS) is 1. The van der Waals surface area contributed by atoms with Gasteiger partial charge in [-0.25, -0.2) is 0 Å². The van der Waals surface area contributed by atoms with Gasteiger partial charge in [0.2, 0.25) is 5.91 Å². The first-order chi connectivity index (χ1) is 9.84. The molecule has 122 valence electrons. The molecule has 1 aliphatic heterocycles. The highest BCUT2D eigenvalue weighted by molar-refractivity contribution is 5.84. The van der Waals surface area contributed by atoms with Crippen molar-refractivity contribution in [2.24, 2.45) is 11.3 Å². The Kier molecular flexibility index (Phi) is 6.65. The van der Waals surface area contributed by atoms with Crippen molar-refractivity contribution in [3.05, 3.63) is 0 Å². The van der Waals surface area contributed by atoms with Gasteiger partial charge < -0.3 is 15.3 Å². The minimum atomic E-state index is -0.913. The van der Waals surface area contributed by atoms with E-state index >= 15 is 0 Å². The van der Waals surface area contributed by atoms with Gasteiger partial charge in [-0.2, -0.15) is 0 Å². The fraction of sp³-hybridized carbons (Fsp3) is 0.875. The lowest BCUT2D eigenvalue weighted by molar-refractivity contribution is -0.152. The van der Waals surface area contributed by atoms with E-state index in [1.165, 1.54) is 0 Å². The molecule has 1 saturated heterocycles. The Bertz CT molecular complexity index is 365. The summed E-state index contributed by atoms with van der Waals surface area (Å²) in [4.78, 5) is 25.9. The number of carbonyl (C=O) groups excluding carboxylic acids is 1. The number of hydrogen-bond donors (Lipinski definition) is 2. The van der Waals surface area contributed by atoms with E-state index in [2.05, 4.69) is 24.1 Å². The molecule has 5 nitrogen and oxygen atoms in total. The molecule has 5 heteroatoms. The molecule has 1 amide bonds. The van der Waals surface area contributed by atoms with Crippen LogP contribution in [0.15, 0.2) is 0 Å². The Labute approximate surface area is 128 Å². The van der Waals surface area contributed by atoms with Crippen molar-refractivity contribution < 1.29 is 14.7 Å². The number of aliphatic carboxylic acids is 1. The maximum atomic E-state index is 12.1. The second-order valence-electron chi connectivity index (χ2n) is 6.52. The molecule has 0 radical (unpaired) electrons. The summed E-state index contributed by atoms with van der Waals surface area (Å²) in [6, 6.07) is 0.547. The zero-order valence-corrected chi connectivity index (χ0v) is 13.8. The lowest BCUT2D eigenvalue weighted by Crippen LogP contribution is -2.39. The first kappa shape index (κ1) is 18.0. The van der Waals surface area contributed by atoms with Gasteiger partial charge >= 0.3 is 5.97 Å². The van der Waals surface area contributed by atoms with Crippen LogP contribution in [0, 0.1) is 11.3 Å². The van der Waals surface area contributed by atoms with Crippen LogP contribution in [0.1, 0.15) is 53.4 Å². The fourth-order valence-electron chi connectivity index (χ4n) is 3.00. The van der Waals surface area contributed by atoms with Gasteiger partial charge in [-0.05, 0) is 45.6 Å². The molecular formula is C16H30N2O3. The Morgan fingerprint density at radius 3 is 2.38 bits per heavy atom. The molecule has 0 saturated carbocycles. The number of carbonyl (C=O) groups is 2. The molecule has 1 rings (SSSR count). The molecule has 0 aromatic rings. The highest BCUT2D eigenvalue weighted by atomic mass is 16.4. The first-order valence-electron chi connectivity index (χ1n) is 8.08. The number of rotatable bonds is 8. The Morgan fingerprint density at radius 2 is 1.95 bits per heavy atom. The van der Waals surface area contributed by atoms with Gasteiger partial charge in [0.1, 0.15) is 0 Å².